The minimum absolute atomic E-state index is 0.0662. The largest absolute Gasteiger partial charge is 0.467 e. The van der Waals surface area contributed by atoms with E-state index < -0.39 is 0 Å². The van der Waals surface area contributed by atoms with Crippen LogP contribution in [0, 0.1) is 5.92 Å². The minimum atomic E-state index is -0.0662. The van der Waals surface area contributed by atoms with E-state index in [0.717, 1.165) is 53.7 Å². The predicted molar refractivity (Wildman–Crippen MR) is 126 cm³/mol. The Balaban J connectivity index is 1.15. The summed E-state index contributed by atoms with van der Waals surface area (Å²) in [4.78, 5) is 28.8. The number of nitrogens with zero attached hydrogens (tertiary/aromatic N) is 4. The average molecular weight is 478 g/mol. The molecule has 0 spiro atoms. The second-order valence-electron chi connectivity index (χ2n) is 8.41. The lowest BCUT2D eigenvalue weighted by atomic mass is 9.86. The van der Waals surface area contributed by atoms with Crippen molar-refractivity contribution in [2.24, 2.45) is 5.92 Å². The number of aromatic nitrogens is 2. The first-order chi connectivity index (χ1) is 15.7. The number of hydrogen-bond donors (Lipinski definition) is 1. The summed E-state index contributed by atoms with van der Waals surface area (Å²) >= 11 is 2.89. The fraction of sp³-hybridized carbons (Fsp3) is 0.636. The molecule has 2 aromatic rings. The molecular formula is C22H31N5O3S2. The number of thioether (sulfide) groups is 1. The number of furan rings is 1. The van der Waals surface area contributed by atoms with Crippen LogP contribution < -0.4 is 10.2 Å². The van der Waals surface area contributed by atoms with E-state index in [4.69, 9.17) is 4.42 Å². The van der Waals surface area contributed by atoms with E-state index >= 15 is 0 Å². The van der Waals surface area contributed by atoms with Crippen molar-refractivity contribution in [3.63, 3.8) is 0 Å². The Kier molecular flexibility index (Phi) is 8.44. The molecule has 1 aliphatic heterocycles. The molecule has 10 heteroatoms. The van der Waals surface area contributed by atoms with Gasteiger partial charge in [-0.05, 0) is 24.5 Å². The van der Waals surface area contributed by atoms with Gasteiger partial charge in [-0.15, -0.1) is 10.2 Å². The first kappa shape index (κ1) is 23.1. The van der Waals surface area contributed by atoms with E-state index in [2.05, 4.69) is 20.4 Å². The summed E-state index contributed by atoms with van der Waals surface area (Å²) in [5, 5.41) is 12.2. The minimum Gasteiger partial charge on any atom is -0.467 e. The van der Waals surface area contributed by atoms with Crippen molar-refractivity contribution in [1.82, 2.24) is 20.4 Å². The van der Waals surface area contributed by atoms with Gasteiger partial charge in [-0.1, -0.05) is 55.2 Å². The van der Waals surface area contributed by atoms with E-state index in [-0.39, 0.29) is 5.91 Å². The lowest BCUT2D eigenvalue weighted by Gasteiger charge is -2.34. The number of anilines is 1. The molecule has 3 heterocycles. The molecule has 2 aliphatic rings. The van der Waals surface area contributed by atoms with Crippen LogP contribution in [0.2, 0.25) is 0 Å². The maximum absolute atomic E-state index is 12.6. The van der Waals surface area contributed by atoms with Gasteiger partial charge in [0, 0.05) is 32.6 Å². The molecule has 32 heavy (non-hydrogen) atoms. The molecule has 174 valence electrons. The molecule has 8 nitrogen and oxygen atoms in total. The number of hydrogen-bond acceptors (Lipinski definition) is 8. The van der Waals surface area contributed by atoms with Gasteiger partial charge in [-0.3, -0.25) is 9.59 Å². The van der Waals surface area contributed by atoms with Crippen molar-refractivity contribution in [2.75, 3.05) is 36.8 Å². The molecule has 1 aliphatic carbocycles. The van der Waals surface area contributed by atoms with E-state index in [9.17, 15) is 9.59 Å². The summed E-state index contributed by atoms with van der Waals surface area (Å²) < 4.78 is 5.99. The van der Waals surface area contributed by atoms with Crippen molar-refractivity contribution in [1.29, 1.82) is 0 Å². The molecule has 2 amide bonds. The van der Waals surface area contributed by atoms with Gasteiger partial charge in [0.25, 0.3) is 0 Å². The van der Waals surface area contributed by atoms with Crippen LogP contribution in [0.15, 0.2) is 27.2 Å². The van der Waals surface area contributed by atoms with Crippen LogP contribution in [0.5, 0.6) is 0 Å². The Bertz CT molecular complexity index is 859. The number of rotatable bonds is 9. The summed E-state index contributed by atoms with van der Waals surface area (Å²) in [7, 11) is 0. The lowest BCUT2D eigenvalue weighted by Crippen LogP contribution is -2.48. The van der Waals surface area contributed by atoms with E-state index in [1.807, 2.05) is 11.0 Å². The van der Waals surface area contributed by atoms with E-state index in [1.54, 1.807) is 12.3 Å². The van der Waals surface area contributed by atoms with Gasteiger partial charge in [0.05, 0.1) is 18.6 Å². The molecule has 0 aromatic carbocycles. The number of carbonyl (C=O) groups excluding carboxylic acids is 2. The van der Waals surface area contributed by atoms with Gasteiger partial charge >= 0.3 is 0 Å². The van der Waals surface area contributed by atoms with Crippen LogP contribution in [0.1, 0.15) is 50.7 Å². The summed E-state index contributed by atoms with van der Waals surface area (Å²) in [5.41, 5.74) is 0. The summed E-state index contributed by atoms with van der Waals surface area (Å²) in [6.45, 7) is 3.41. The van der Waals surface area contributed by atoms with Gasteiger partial charge < -0.3 is 19.5 Å². The van der Waals surface area contributed by atoms with E-state index in [0.29, 0.717) is 24.6 Å². The second-order valence-corrected chi connectivity index (χ2v) is 10.6. The Morgan fingerprint density at radius 2 is 1.97 bits per heavy atom. The lowest BCUT2D eigenvalue weighted by molar-refractivity contribution is -0.131. The molecule has 0 bridgehead atoms. The average Bonchev–Trinajstić information content (AvgIpc) is 3.53. The van der Waals surface area contributed by atoms with Crippen LogP contribution in [-0.2, 0) is 16.1 Å². The summed E-state index contributed by atoms with van der Waals surface area (Å²) in [6.07, 6.45) is 9.93. The normalized spacial score (nSPS) is 17.5. The Hall–Kier alpha value is -2.07. The van der Waals surface area contributed by atoms with Crippen LogP contribution in [0.4, 0.5) is 5.13 Å². The molecule has 1 saturated heterocycles. The highest BCUT2D eigenvalue weighted by Crippen LogP contribution is 2.29. The molecule has 1 N–H and O–H groups in total. The third-order valence-corrected chi connectivity index (χ3v) is 8.27. The number of amides is 2. The van der Waals surface area contributed by atoms with Gasteiger partial charge in [0.2, 0.25) is 16.9 Å². The SMILES string of the molecule is O=C(CSc1nnc(N2CCN(C(=O)CCC3CCCCC3)CC2)s1)NCc1ccco1. The second kappa shape index (κ2) is 11.7. The fourth-order valence-electron chi connectivity index (χ4n) is 4.27. The quantitative estimate of drug-likeness (QED) is 0.552. The molecule has 1 saturated carbocycles. The smallest absolute Gasteiger partial charge is 0.230 e. The molecule has 0 radical (unpaired) electrons. The first-order valence-corrected chi connectivity index (χ1v) is 13.3. The predicted octanol–water partition coefficient (Wildman–Crippen LogP) is 3.55. The molecule has 4 rings (SSSR count). The van der Waals surface area contributed by atoms with E-state index in [1.165, 1.54) is 55.2 Å². The van der Waals surface area contributed by atoms with Crippen LogP contribution in [-0.4, -0.2) is 58.8 Å². The molecule has 2 fully saturated rings. The topological polar surface area (TPSA) is 91.6 Å². The first-order valence-electron chi connectivity index (χ1n) is 11.5. The van der Waals surface area contributed by atoms with Gasteiger partial charge in [0.15, 0.2) is 4.34 Å². The fourth-order valence-corrected chi connectivity index (χ4v) is 6.00. The molecule has 0 atom stereocenters. The van der Waals surface area contributed by atoms with Crippen molar-refractivity contribution in [3.05, 3.63) is 24.2 Å². The maximum Gasteiger partial charge on any atom is 0.230 e. The zero-order valence-electron chi connectivity index (χ0n) is 18.3. The maximum atomic E-state index is 12.6. The number of carbonyl (C=O) groups is 2. The standard InChI is InChI=1S/C22H31N5O3S2/c28-19(23-15-18-7-4-14-30-18)16-31-22-25-24-21(32-22)27-12-10-26(11-13-27)20(29)9-8-17-5-2-1-3-6-17/h4,7,14,17H,1-3,5-6,8-13,15-16H2,(H,23,28). The van der Waals surface area contributed by atoms with Gasteiger partial charge in [-0.25, -0.2) is 0 Å². The highest BCUT2D eigenvalue weighted by Gasteiger charge is 2.24. The van der Waals surface area contributed by atoms with Gasteiger partial charge in [0.1, 0.15) is 5.76 Å². The highest BCUT2D eigenvalue weighted by molar-refractivity contribution is 8.01. The zero-order chi connectivity index (χ0) is 22.2. The van der Waals surface area contributed by atoms with Crippen molar-refractivity contribution in [3.8, 4) is 0 Å². The molecule has 0 unspecified atom stereocenters. The van der Waals surface area contributed by atoms with Crippen molar-refractivity contribution >= 4 is 40.0 Å². The molecule has 2 aromatic heterocycles. The third-order valence-electron chi connectivity index (χ3n) is 6.16. The summed E-state index contributed by atoms with van der Waals surface area (Å²) in [5.74, 6) is 2.00. The Morgan fingerprint density at radius 1 is 1.16 bits per heavy atom. The van der Waals surface area contributed by atoms with Crippen LogP contribution >= 0.6 is 23.1 Å². The van der Waals surface area contributed by atoms with Gasteiger partial charge in [-0.2, -0.15) is 0 Å². The summed E-state index contributed by atoms with van der Waals surface area (Å²) in [6, 6.07) is 3.63. The number of piperazine rings is 1. The van der Waals surface area contributed by atoms with Crippen LogP contribution in [0.3, 0.4) is 0 Å². The van der Waals surface area contributed by atoms with Crippen molar-refractivity contribution in [2.45, 2.75) is 55.8 Å². The van der Waals surface area contributed by atoms with Crippen LogP contribution in [0.25, 0.3) is 0 Å². The highest BCUT2D eigenvalue weighted by atomic mass is 32.2. The Morgan fingerprint density at radius 3 is 2.72 bits per heavy atom. The zero-order valence-corrected chi connectivity index (χ0v) is 20.0. The third kappa shape index (κ3) is 6.71. The monoisotopic (exact) mass is 477 g/mol. The molecular weight excluding hydrogens is 446 g/mol. The Labute approximate surface area is 197 Å². The van der Waals surface area contributed by atoms with Crippen molar-refractivity contribution < 1.29 is 14.0 Å². The number of nitrogens with one attached hydrogen (secondary N) is 1.